The Balaban J connectivity index is 2.82. The first-order chi connectivity index (χ1) is 9.43. The van der Waals surface area contributed by atoms with Gasteiger partial charge >= 0.3 is 0 Å². The van der Waals surface area contributed by atoms with Gasteiger partial charge in [-0.3, -0.25) is 4.79 Å². The van der Waals surface area contributed by atoms with Crippen LogP contribution >= 0.6 is 15.9 Å². The molecule has 1 N–H and O–H groups in total. The number of benzene rings is 1. The summed E-state index contributed by atoms with van der Waals surface area (Å²) in [5.74, 6) is 0.300. The maximum absolute atomic E-state index is 11.9. The Morgan fingerprint density at radius 3 is 2.55 bits per heavy atom. The average Bonchev–Trinajstić information content (AvgIpc) is 2.37. The molecule has 0 fully saturated rings. The van der Waals surface area contributed by atoms with E-state index in [4.69, 9.17) is 0 Å². The second kappa shape index (κ2) is 5.64. The predicted octanol–water partition coefficient (Wildman–Crippen LogP) is 4.11. The number of aromatic amines is 1. The van der Waals surface area contributed by atoms with Gasteiger partial charge in [-0.2, -0.15) is 5.26 Å². The molecule has 102 valence electrons. The molecule has 1 aromatic heterocycles. The number of H-pyrrole nitrogens is 1. The van der Waals surface area contributed by atoms with Crippen molar-refractivity contribution in [3.63, 3.8) is 0 Å². The van der Waals surface area contributed by atoms with Gasteiger partial charge in [-0.15, -0.1) is 0 Å². The fourth-order valence-corrected chi connectivity index (χ4v) is 2.65. The molecule has 0 aliphatic heterocycles. The fraction of sp³-hybridized carbons (Fsp3) is 0.250. The average molecular weight is 331 g/mol. The van der Waals surface area contributed by atoms with Crippen molar-refractivity contribution in [1.82, 2.24) is 4.98 Å². The molecule has 0 saturated carbocycles. The quantitative estimate of drug-likeness (QED) is 0.900. The van der Waals surface area contributed by atoms with Crippen molar-refractivity contribution in [2.75, 3.05) is 0 Å². The summed E-state index contributed by atoms with van der Waals surface area (Å²) in [6.07, 6.45) is 0. The molecule has 2 aromatic rings. The van der Waals surface area contributed by atoms with E-state index in [1.807, 2.05) is 37.3 Å². The lowest BCUT2D eigenvalue weighted by Gasteiger charge is -2.15. The van der Waals surface area contributed by atoms with Gasteiger partial charge in [0.1, 0.15) is 11.6 Å². The minimum absolute atomic E-state index is 0.167. The van der Waals surface area contributed by atoms with E-state index in [0.29, 0.717) is 11.5 Å². The number of pyridine rings is 1. The number of nitrogens with zero attached hydrogens (tertiary/aromatic N) is 1. The Kier molecular flexibility index (Phi) is 4.10. The molecule has 0 amide bonds. The summed E-state index contributed by atoms with van der Waals surface area (Å²) in [4.78, 5) is 14.6. The molecule has 3 nitrogen and oxygen atoms in total. The summed E-state index contributed by atoms with van der Waals surface area (Å²) in [6.45, 7) is 6.01. The van der Waals surface area contributed by atoms with Crippen LogP contribution in [-0.4, -0.2) is 4.98 Å². The van der Waals surface area contributed by atoms with E-state index >= 15 is 0 Å². The van der Waals surface area contributed by atoms with Crippen LogP contribution in [0, 0.1) is 18.3 Å². The molecule has 0 bridgehead atoms. The molecule has 20 heavy (non-hydrogen) atoms. The Morgan fingerprint density at radius 2 is 1.95 bits per heavy atom. The highest BCUT2D eigenvalue weighted by molar-refractivity contribution is 9.10. The minimum atomic E-state index is -0.333. The Labute approximate surface area is 126 Å². The Morgan fingerprint density at radius 1 is 1.25 bits per heavy atom. The second-order valence-corrected chi connectivity index (χ2v) is 5.98. The van der Waals surface area contributed by atoms with Gasteiger partial charge in [-0.1, -0.05) is 35.8 Å². The van der Waals surface area contributed by atoms with Crippen LogP contribution in [0.1, 0.15) is 36.6 Å². The monoisotopic (exact) mass is 330 g/mol. The zero-order valence-electron chi connectivity index (χ0n) is 11.6. The van der Waals surface area contributed by atoms with Crippen LogP contribution in [0.15, 0.2) is 33.5 Å². The summed E-state index contributed by atoms with van der Waals surface area (Å²) >= 11 is 3.47. The maximum Gasteiger partial charge on any atom is 0.266 e. The molecule has 0 saturated heterocycles. The second-order valence-electron chi connectivity index (χ2n) is 5.07. The molecule has 4 heteroatoms. The Hall–Kier alpha value is -1.86. The van der Waals surface area contributed by atoms with E-state index in [1.165, 1.54) is 0 Å². The number of nitrogens with one attached hydrogen (secondary N) is 1. The van der Waals surface area contributed by atoms with Gasteiger partial charge in [0.2, 0.25) is 0 Å². The topological polar surface area (TPSA) is 56.6 Å². The van der Waals surface area contributed by atoms with Crippen LogP contribution in [0.4, 0.5) is 0 Å². The van der Waals surface area contributed by atoms with Crippen LogP contribution in [0.2, 0.25) is 0 Å². The van der Waals surface area contributed by atoms with Crippen molar-refractivity contribution in [2.24, 2.45) is 0 Å². The molecule has 1 aromatic carbocycles. The van der Waals surface area contributed by atoms with Crippen molar-refractivity contribution < 1.29 is 0 Å². The van der Waals surface area contributed by atoms with Gasteiger partial charge in [-0.05, 0) is 42.2 Å². The molecule has 0 unspecified atom stereocenters. The third-order valence-corrected chi connectivity index (χ3v) is 3.70. The SMILES string of the molecule is Cc1cc(-c2ccc(Br)cc2C(C)C)c(C#N)c(=O)[nH]1. The lowest BCUT2D eigenvalue weighted by atomic mass is 9.91. The van der Waals surface area contributed by atoms with Crippen LogP contribution in [-0.2, 0) is 0 Å². The summed E-state index contributed by atoms with van der Waals surface area (Å²) in [6, 6.07) is 9.79. The van der Waals surface area contributed by atoms with Gasteiger partial charge in [0.05, 0.1) is 0 Å². The summed E-state index contributed by atoms with van der Waals surface area (Å²) in [7, 11) is 0. The highest BCUT2D eigenvalue weighted by Gasteiger charge is 2.15. The van der Waals surface area contributed by atoms with Crippen molar-refractivity contribution in [1.29, 1.82) is 5.26 Å². The number of aryl methyl sites for hydroxylation is 1. The third-order valence-electron chi connectivity index (χ3n) is 3.21. The molecular formula is C16H15BrN2O. The zero-order valence-corrected chi connectivity index (χ0v) is 13.2. The van der Waals surface area contributed by atoms with E-state index < -0.39 is 0 Å². The summed E-state index contributed by atoms with van der Waals surface area (Å²) in [5, 5.41) is 9.26. The molecule has 0 aliphatic carbocycles. The van der Waals surface area contributed by atoms with Crippen LogP contribution in [0.5, 0.6) is 0 Å². The summed E-state index contributed by atoms with van der Waals surface area (Å²) < 4.78 is 0.991. The predicted molar refractivity (Wildman–Crippen MR) is 83.7 cm³/mol. The number of nitriles is 1. The first-order valence-electron chi connectivity index (χ1n) is 6.38. The number of hydrogen-bond acceptors (Lipinski definition) is 2. The molecular weight excluding hydrogens is 316 g/mol. The zero-order chi connectivity index (χ0) is 14.9. The van der Waals surface area contributed by atoms with Gasteiger partial charge in [0.25, 0.3) is 5.56 Å². The maximum atomic E-state index is 11.9. The largest absolute Gasteiger partial charge is 0.325 e. The molecule has 1 heterocycles. The van der Waals surface area contributed by atoms with Crippen molar-refractivity contribution >= 4 is 15.9 Å². The number of aromatic nitrogens is 1. The van der Waals surface area contributed by atoms with E-state index in [1.54, 1.807) is 0 Å². The number of rotatable bonds is 2. The highest BCUT2D eigenvalue weighted by Crippen LogP contribution is 2.32. The van der Waals surface area contributed by atoms with E-state index in [9.17, 15) is 10.1 Å². The normalized spacial score (nSPS) is 10.6. The number of halogens is 1. The highest BCUT2D eigenvalue weighted by atomic mass is 79.9. The molecule has 0 atom stereocenters. The Bertz CT molecular complexity index is 754. The summed E-state index contributed by atoms with van der Waals surface area (Å²) in [5.41, 5.74) is 3.33. The third kappa shape index (κ3) is 2.68. The molecule has 0 spiro atoms. The van der Waals surface area contributed by atoms with E-state index in [-0.39, 0.29) is 11.1 Å². The van der Waals surface area contributed by atoms with Gasteiger partial charge in [0, 0.05) is 15.7 Å². The van der Waals surface area contributed by atoms with Crippen molar-refractivity contribution in [2.45, 2.75) is 26.7 Å². The van der Waals surface area contributed by atoms with Crippen molar-refractivity contribution in [3.8, 4) is 17.2 Å². The van der Waals surface area contributed by atoms with E-state index in [2.05, 4.69) is 34.8 Å². The van der Waals surface area contributed by atoms with Crippen LogP contribution in [0.25, 0.3) is 11.1 Å². The lowest BCUT2D eigenvalue weighted by Crippen LogP contribution is -2.13. The van der Waals surface area contributed by atoms with Gasteiger partial charge in [-0.25, -0.2) is 0 Å². The lowest BCUT2D eigenvalue weighted by molar-refractivity contribution is 0.867. The fourth-order valence-electron chi connectivity index (χ4n) is 2.27. The molecule has 0 aliphatic rings. The smallest absolute Gasteiger partial charge is 0.266 e. The first kappa shape index (κ1) is 14.5. The first-order valence-corrected chi connectivity index (χ1v) is 7.17. The molecule has 0 radical (unpaired) electrons. The standard InChI is InChI=1S/C16H15BrN2O/c1-9(2)13-7-11(17)4-5-12(13)14-6-10(3)19-16(20)15(14)8-18/h4-7,9H,1-3H3,(H,19,20). The minimum Gasteiger partial charge on any atom is -0.325 e. The number of hydrogen-bond donors (Lipinski definition) is 1. The van der Waals surface area contributed by atoms with E-state index in [0.717, 1.165) is 21.3 Å². The van der Waals surface area contributed by atoms with Crippen LogP contribution in [0.3, 0.4) is 0 Å². The van der Waals surface area contributed by atoms with Crippen LogP contribution < -0.4 is 5.56 Å². The van der Waals surface area contributed by atoms with Crippen molar-refractivity contribution in [3.05, 3.63) is 55.9 Å². The van der Waals surface area contributed by atoms with Gasteiger partial charge < -0.3 is 4.98 Å². The van der Waals surface area contributed by atoms with Gasteiger partial charge in [0.15, 0.2) is 0 Å². The molecule has 2 rings (SSSR count).